The van der Waals surface area contributed by atoms with Gasteiger partial charge in [0.2, 0.25) is 11.8 Å². The molecule has 0 aliphatic carbocycles. The molecule has 33 heavy (non-hydrogen) atoms. The molecule has 4 unspecified atom stereocenters. The lowest BCUT2D eigenvalue weighted by atomic mass is 9.76. The number of likely N-dealkylation sites (tertiary alicyclic amines) is 1. The summed E-state index contributed by atoms with van der Waals surface area (Å²) >= 11 is 0. The van der Waals surface area contributed by atoms with Crippen LogP contribution in [0.2, 0.25) is 0 Å². The molecule has 2 amide bonds. The van der Waals surface area contributed by atoms with Crippen LogP contribution in [0, 0.1) is 11.8 Å². The number of amides is 2. The zero-order valence-electron chi connectivity index (χ0n) is 18.7. The number of aliphatic carboxylic acids is 1. The Kier molecular flexibility index (Phi) is 4.68. The molecule has 1 aromatic carbocycles. The number of hydrogen-bond acceptors (Lipinski definition) is 5. The molecular weight excluding hydrogens is 420 g/mol. The smallest absolute Gasteiger partial charge is 0.325 e. The molecule has 3 N–H and O–H groups in total. The van der Waals surface area contributed by atoms with Gasteiger partial charge < -0.3 is 10.1 Å². The number of para-hydroxylation sites is 1. The molecule has 0 saturated carbocycles. The molecule has 2 aliphatic rings. The lowest BCUT2D eigenvalue weighted by Gasteiger charge is -2.35. The Bertz CT molecular complexity index is 1260. The summed E-state index contributed by atoms with van der Waals surface area (Å²) in [6, 6.07) is 12.2. The number of rotatable bonds is 4. The van der Waals surface area contributed by atoms with Gasteiger partial charge in [0, 0.05) is 35.3 Å². The van der Waals surface area contributed by atoms with E-state index in [2.05, 4.69) is 15.3 Å². The lowest BCUT2D eigenvalue weighted by Crippen LogP contribution is -2.58. The number of fused-ring (bicyclic) bond motifs is 2. The predicted octanol–water partition coefficient (Wildman–Crippen LogP) is 2.67. The van der Waals surface area contributed by atoms with E-state index in [4.69, 9.17) is 0 Å². The summed E-state index contributed by atoms with van der Waals surface area (Å²) in [5, 5.41) is 14.7. The van der Waals surface area contributed by atoms with Gasteiger partial charge in [0.25, 0.3) is 0 Å². The highest BCUT2D eigenvalue weighted by molar-refractivity contribution is 6.10. The van der Waals surface area contributed by atoms with Crippen molar-refractivity contribution in [3.8, 4) is 0 Å². The van der Waals surface area contributed by atoms with Crippen LogP contribution in [-0.2, 0) is 20.8 Å². The Labute approximate surface area is 191 Å². The van der Waals surface area contributed by atoms with E-state index in [1.807, 2.05) is 24.3 Å². The number of nitrogens with zero attached hydrogens (tertiary/aromatic N) is 2. The number of aromatic nitrogens is 2. The van der Waals surface area contributed by atoms with Crippen LogP contribution in [0.25, 0.3) is 10.9 Å². The molecule has 2 aromatic heterocycles. The first-order chi connectivity index (χ1) is 15.6. The number of hydrogen-bond donors (Lipinski definition) is 3. The fourth-order valence-electron chi connectivity index (χ4n) is 5.49. The van der Waals surface area contributed by atoms with Gasteiger partial charge in [0.1, 0.15) is 5.54 Å². The average Bonchev–Trinajstić information content (AvgIpc) is 3.41. The van der Waals surface area contributed by atoms with E-state index in [0.717, 1.165) is 16.5 Å². The van der Waals surface area contributed by atoms with Crippen molar-refractivity contribution in [2.45, 2.75) is 44.3 Å². The van der Waals surface area contributed by atoms with E-state index in [0.29, 0.717) is 5.69 Å². The van der Waals surface area contributed by atoms with Gasteiger partial charge >= 0.3 is 5.97 Å². The van der Waals surface area contributed by atoms with Gasteiger partial charge in [-0.15, -0.1) is 0 Å². The van der Waals surface area contributed by atoms with Gasteiger partial charge in [-0.1, -0.05) is 24.3 Å². The Morgan fingerprint density at radius 3 is 2.52 bits per heavy atom. The van der Waals surface area contributed by atoms with Gasteiger partial charge in [-0.25, -0.2) is 0 Å². The fraction of sp³-hybridized carbons (Fsp3) is 0.360. The number of carboxylic acids is 1. The summed E-state index contributed by atoms with van der Waals surface area (Å²) in [7, 11) is 0. The number of aromatic amines is 1. The molecule has 2 saturated heterocycles. The highest BCUT2D eigenvalue weighted by Gasteiger charge is 2.69. The number of nitrogens with one attached hydrogen (secondary N) is 2. The minimum atomic E-state index is -1.66. The van der Waals surface area contributed by atoms with Crippen LogP contribution in [0.3, 0.4) is 0 Å². The minimum absolute atomic E-state index is 0.0495. The fourth-order valence-corrected chi connectivity index (χ4v) is 5.49. The number of carbonyl (C=O) groups excluding carboxylic acids is 2. The Morgan fingerprint density at radius 1 is 1.12 bits per heavy atom. The summed E-state index contributed by atoms with van der Waals surface area (Å²) in [5.41, 5.74) is -0.223. The Balaban J connectivity index is 1.68. The van der Waals surface area contributed by atoms with Crippen molar-refractivity contribution < 1.29 is 19.5 Å². The second-order valence-electron chi connectivity index (χ2n) is 9.88. The molecule has 3 aromatic rings. The van der Waals surface area contributed by atoms with Crippen LogP contribution in [0.4, 0.5) is 0 Å². The van der Waals surface area contributed by atoms with Crippen LogP contribution in [0.5, 0.6) is 0 Å². The summed E-state index contributed by atoms with van der Waals surface area (Å²) in [4.78, 5) is 49.1. The molecule has 0 bridgehead atoms. The third-order valence-corrected chi connectivity index (χ3v) is 6.86. The van der Waals surface area contributed by atoms with Crippen molar-refractivity contribution in [3.63, 3.8) is 0 Å². The molecule has 2 fully saturated rings. The molecule has 8 heteroatoms. The zero-order valence-corrected chi connectivity index (χ0v) is 18.7. The van der Waals surface area contributed by atoms with Crippen LogP contribution >= 0.6 is 0 Å². The van der Waals surface area contributed by atoms with Crippen molar-refractivity contribution in [1.29, 1.82) is 0 Å². The van der Waals surface area contributed by atoms with Crippen LogP contribution in [0.1, 0.15) is 38.1 Å². The number of imide groups is 1. The zero-order chi connectivity index (χ0) is 23.5. The van der Waals surface area contributed by atoms with Crippen molar-refractivity contribution in [2.24, 2.45) is 11.8 Å². The van der Waals surface area contributed by atoms with Gasteiger partial charge in [-0.05, 0) is 44.5 Å². The molecule has 170 valence electrons. The van der Waals surface area contributed by atoms with Gasteiger partial charge in [-0.3, -0.25) is 29.6 Å². The number of H-pyrrole nitrogens is 1. The van der Waals surface area contributed by atoms with E-state index in [1.54, 1.807) is 51.4 Å². The van der Waals surface area contributed by atoms with Crippen LogP contribution < -0.4 is 5.32 Å². The highest BCUT2D eigenvalue weighted by atomic mass is 16.4. The Hall–Kier alpha value is -3.52. The van der Waals surface area contributed by atoms with Crippen molar-refractivity contribution in [1.82, 2.24) is 20.2 Å². The Morgan fingerprint density at radius 2 is 1.85 bits per heavy atom. The summed E-state index contributed by atoms with van der Waals surface area (Å²) in [5.74, 6) is -3.87. The quantitative estimate of drug-likeness (QED) is 0.531. The molecule has 0 spiro atoms. The molecule has 5 rings (SSSR count). The number of carbonyl (C=O) groups is 3. The van der Waals surface area contributed by atoms with Crippen LogP contribution in [0.15, 0.2) is 54.9 Å². The first-order valence-electron chi connectivity index (χ1n) is 11.0. The second-order valence-corrected chi connectivity index (χ2v) is 9.88. The van der Waals surface area contributed by atoms with Gasteiger partial charge in [0.05, 0.1) is 23.6 Å². The topological polar surface area (TPSA) is 115 Å². The molecule has 4 atom stereocenters. The predicted molar refractivity (Wildman–Crippen MR) is 121 cm³/mol. The van der Waals surface area contributed by atoms with Crippen molar-refractivity contribution >= 4 is 28.7 Å². The first-order valence-corrected chi connectivity index (χ1v) is 11.0. The van der Waals surface area contributed by atoms with E-state index < -0.39 is 40.8 Å². The summed E-state index contributed by atoms with van der Waals surface area (Å²) in [6.45, 7) is 5.36. The van der Waals surface area contributed by atoms with E-state index in [1.165, 1.54) is 4.90 Å². The maximum atomic E-state index is 13.7. The molecular formula is C25H26N4O4. The minimum Gasteiger partial charge on any atom is -0.480 e. The van der Waals surface area contributed by atoms with Gasteiger partial charge in [0.15, 0.2) is 0 Å². The molecule has 8 nitrogen and oxygen atoms in total. The number of carboxylic acid groups (broad SMARTS) is 1. The van der Waals surface area contributed by atoms with E-state index >= 15 is 0 Å². The molecule has 4 heterocycles. The van der Waals surface area contributed by atoms with Crippen molar-refractivity contribution in [2.75, 3.05) is 0 Å². The lowest BCUT2D eigenvalue weighted by molar-refractivity contribution is -0.153. The summed E-state index contributed by atoms with van der Waals surface area (Å²) in [6.07, 6.45) is 3.44. The maximum absolute atomic E-state index is 13.7. The largest absolute Gasteiger partial charge is 0.480 e. The third kappa shape index (κ3) is 3.08. The van der Waals surface area contributed by atoms with E-state index in [-0.39, 0.29) is 12.3 Å². The van der Waals surface area contributed by atoms with Gasteiger partial charge in [-0.2, -0.15) is 0 Å². The third-order valence-electron chi connectivity index (χ3n) is 6.86. The summed E-state index contributed by atoms with van der Waals surface area (Å²) < 4.78 is 0. The van der Waals surface area contributed by atoms with Crippen molar-refractivity contribution in [3.05, 3.63) is 66.1 Å². The SMILES string of the molecule is CC(C)(C)N1C(=O)C2C(c3ccccn3)NC(Cc3c[nH]c4ccccc34)(C(=O)O)C2C1=O. The highest BCUT2D eigenvalue weighted by Crippen LogP contribution is 2.51. The standard InChI is InChI=1S/C25H26N4O4/c1-24(2,3)29-21(30)18-19(22(29)31)25(23(32)33,28-20(18)17-10-6-7-11-26-17)12-14-13-27-16-9-5-4-8-15(14)16/h4-11,13,18-20,27-28H,12H2,1-3H3,(H,32,33). The average molecular weight is 447 g/mol. The van der Waals surface area contributed by atoms with E-state index in [9.17, 15) is 19.5 Å². The number of benzene rings is 1. The van der Waals surface area contributed by atoms with Crippen LogP contribution in [-0.4, -0.2) is 48.8 Å². The number of pyridine rings is 1. The normalized spacial score (nSPS) is 27.4. The maximum Gasteiger partial charge on any atom is 0.325 e. The first kappa shape index (κ1) is 21.3. The second kappa shape index (κ2) is 7.25. The molecule has 0 radical (unpaired) electrons. The molecule has 2 aliphatic heterocycles. The monoisotopic (exact) mass is 446 g/mol.